The first-order valence-electron chi connectivity index (χ1n) is 11.1. The number of anilines is 1. The first-order valence-corrected chi connectivity index (χ1v) is 12.5. The van der Waals surface area contributed by atoms with Gasteiger partial charge in [-0.1, -0.05) is 17.7 Å². The van der Waals surface area contributed by atoms with Gasteiger partial charge in [0.05, 0.1) is 42.9 Å². The van der Waals surface area contributed by atoms with Crippen molar-refractivity contribution in [3.63, 3.8) is 0 Å². The van der Waals surface area contributed by atoms with Crippen LogP contribution in [0.1, 0.15) is 31.4 Å². The van der Waals surface area contributed by atoms with E-state index in [9.17, 15) is 13.2 Å². The van der Waals surface area contributed by atoms with Crippen LogP contribution in [0.2, 0.25) is 0 Å². The van der Waals surface area contributed by atoms with Crippen LogP contribution in [-0.2, 0) is 19.6 Å². The second-order valence-corrected chi connectivity index (χ2v) is 10.2. The van der Waals surface area contributed by atoms with E-state index in [0.29, 0.717) is 37.7 Å². The normalized spacial score (nSPS) is 14.8. The fourth-order valence-corrected chi connectivity index (χ4v) is 4.92. The van der Waals surface area contributed by atoms with Gasteiger partial charge in [0.1, 0.15) is 11.5 Å². The van der Waals surface area contributed by atoms with E-state index >= 15 is 0 Å². The summed E-state index contributed by atoms with van der Waals surface area (Å²) in [5, 5.41) is 2.79. The molecule has 180 valence electrons. The van der Waals surface area contributed by atoms with E-state index in [1.54, 1.807) is 6.07 Å². The van der Waals surface area contributed by atoms with E-state index in [2.05, 4.69) is 5.32 Å². The number of hydrogen-bond acceptors (Lipinski definition) is 6. The van der Waals surface area contributed by atoms with Crippen molar-refractivity contribution >= 4 is 21.6 Å². The molecule has 33 heavy (non-hydrogen) atoms. The molecular weight excluding hydrogens is 444 g/mol. The van der Waals surface area contributed by atoms with Gasteiger partial charge in [-0.25, -0.2) is 8.42 Å². The number of aryl methyl sites for hydroxylation is 2. The third-order valence-electron chi connectivity index (χ3n) is 5.11. The van der Waals surface area contributed by atoms with E-state index in [0.717, 1.165) is 16.9 Å². The predicted molar refractivity (Wildman–Crippen MR) is 126 cm³/mol. The number of morpholine rings is 1. The summed E-state index contributed by atoms with van der Waals surface area (Å²) in [7, 11) is -3.71. The zero-order chi connectivity index (χ0) is 24.0. The minimum Gasteiger partial charge on any atom is -0.493 e. The molecule has 0 aromatic heterocycles. The summed E-state index contributed by atoms with van der Waals surface area (Å²) in [5.41, 5.74) is 2.46. The lowest BCUT2D eigenvalue weighted by Gasteiger charge is -2.26. The molecule has 1 aliphatic rings. The van der Waals surface area contributed by atoms with Gasteiger partial charge in [0.25, 0.3) is 0 Å². The van der Waals surface area contributed by atoms with Crippen molar-refractivity contribution in [3.05, 3.63) is 47.5 Å². The molecule has 2 aromatic rings. The molecule has 0 saturated carbocycles. The summed E-state index contributed by atoms with van der Waals surface area (Å²) in [6, 6.07) is 10.4. The third-order valence-corrected chi connectivity index (χ3v) is 7.01. The van der Waals surface area contributed by atoms with Gasteiger partial charge in [-0.2, -0.15) is 4.31 Å². The molecule has 0 bridgehead atoms. The number of carbonyl (C=O) groups excluding carboxylic acids is 1. The molecule has 0 atom stereocenters. The second kappa shape index (κ2) is 11.0. The summed E-state index contributed by atoms with van der Waals surface area (Å²) in [6.07, 6.45) is -0.0373. The van der Waals surface area contributed by atoms with Crippen molar-refractivity contribution in [1.82, 2.24) is 4.31 Å². The lowest BCUT2D eigenvalue weighted by atomic mass is 10.1. The van der Waals surface area contributed by atoms with Crippen LogP contribution in [0.4, 0.5) is 5.69 Å². The summed E-state index contributed by atoms with van der Waals surface area (Å²) < 4.78 is 44.3. The van der Waals surface area contributed by atoms with Crippen LogP contribution in [0.3, 0.4) is 0 Å². The Morgan fingerprint density at radius 2 is 1.79 bits per heavy atom. The quantitative estimate of drug-likeness (QED) is 0.595. The van der Waals surface area contributed by atoms with Gasteiger partial charge < -0.3 is 19.5 Å². The minimum absolute atomic E-state index is 0.0994. The molecule has 1 amide bonds. The number of amides is 1. The van der Waals surface area contributed by atoms with Gasteiger partial charge in [0, 0.05) is 13.1 Å². The number of sulfonamides is 1. The molecule has 1 heterocycles. The number of rotatable bonds is 9. The first-order chi connectivity index (χ1) is 15.7. The Kier molecular flexibility index (Phi) is 8.34. The second-order valence-electron chi connectivity index (χ2n) is 8.26. The number of nitrogens with zero attached hydrogens (tertiary/aromatic N) is 1. The Morgan fingerprint density at radius 3 is 2.45 bits per heavy atom. The molecule has 3 rings (SSSR count). The van der Waals surface area contributed by atoms with E-state index < -0.39 is 10.0 Å². The number of carbonyl (C=O) groups is 1. The zero-order valence-electron chi connectivity index (χ0n) is 19.6. The van der Waals surface area contributed by atoms with Gasteiger partial charge in [-0.05, 0) is 57.5 Å². The number of hydrogen-bond donors (Lipinski definition) is 1. The number of nitrogens with one attached hydrogen (secondary N) is 1. The van der Waals surface area contributed by atoms with Crippen molar-refractivity contribution in [1.29, 1.82) is 0 Å². The molecule has 8 nitrogen and oxygen atoms in total. The maximum atomic E-state index is 13.0. The molecule has 1 N–H and O–H groups in total. The topological polar surface area (TPSA) is 94.2 Å². The smallest absolute Gasteiger partial charge is 0.243 e. The Hall–Kier alpha value is -2.62. The minimum atomic E-state index is -3.71. The maximum Gasteiger partial charge on any atom is 0.243 e. The van der Waals surface area contributed by atoms with Gasteiger partial charge in [0.2, 0.25) is 15.9 Å². The summed E-state index contributed by atoms with van der Waals surface area (Å²) in [5.74, 6) is 0.847. The summed E-state index contributed by atoms with van der Waals surface area (Å²) in [6.45, 7) is 9.20. The van der Waals surface area contributed by atoms with Gasteiger partial charge in [0.15, 0.2) is 0 Å². The average molecular weight is 477 g/mol. The van der Waals surface area contributed by atoms with Crippen molar-refractivity contribution in [2.75, 3.05) is 38.2 Å². The van der Waals surface area contributed by atoms with Crippen LogP contribution >= 0.6 is 0 Å². The summed E-state index contributed by atoms with van der Waals surface area (Å²) >= 11 is 0. The van der Waals surface area contributed by atoms with Gasteiger partial charge in [-0.3, -0.25) is 4.79 Å². The van der Waals surface area contributed by atoms with Crippen molar-refractivity contribution in [2.45, 2.75) is 45.1 Å². The molecule has 1 saturated heterocycles. The first kappa shape index (κ1) is 25.0. The molecule has 2 aromatic carbocycles. The molecule has 0 radical (unpaired) electrons. The standard InChI is InChI=1S/C24H32N2O6S/c1-17(2)32-23-8-6-20(33(28,29)26-10-13-30-14-11-26)16-21(23)25-24(27)9-12-31-22-7-5-18(3)15-19(22)4/h5-8,15-17H,9-14H2,1-4H3,(H,25,27). The zero-order valence-corrected chi connectivity index (χ0v) is 20.4. The van der Waals surface area contributed by atoms with E-state index in [1.165, 1.54) is 16.4 Å². The highest BCUT2D eigenvalue weighted by Crippen LogP contribution is 2.30. The fraction of sp³-hybridized carbons (Fsp3) is 0.458. The molecule has 0 unspecified atom stereocenters. The number of ether oxygens (including phenoxy) is 3. The van der Waals surface area contributed by atoms with Crippen molar-refractivity contribution < 1.29 is 27.4 Å². The predicted octanol–water partition coefficient (Wildman–Crippen LogP) is 3.52. The largest absolute Gasteiger partial charge is 0.493 e. The Morgan fingerprint density at radius 1 is 1.09 bits per heavy atom. The van der Waals surface area contributed by atoms with E-state index in [-0.39, 0.29) is 29.9 Å². The van der Waals surface area contributed by atoms with Crippen LogP contribution < -0.4 is 14.8 Å². The highest BCUT2D eigenvalue weighted by atomic mass is 32.2. The highest BCUT2D eigenvalue weighted by Gasteiger charge is 2.27. The molecule has 0 spiro atoms. The van der Waals surface area contributed by atoms with Crippen molar-refractivity contribution in [3.8, 4) is 11.5 Å². The number of benzene rings is 2. The lowest BCUT2D eigenvalue weighted by Crippen LogP contribution is -2.40. The van der Waals surface area contributed by atoms with E-state index in [4.69, 9.17) is 14.2 Å². The van der Waals surface area contributed by atoms with Crippen LogP contribution in [0.5, 0.6) is 11.5 Å². The molecule has 1 aliphatic heterocycles. The molecule has 0 aliphatic carbocycles. The average Bonchev–Trinajstić information content (AvgIpc) is 2.76. The maximum absolute atomic E-state index is 13.0. The van der Waals surface area contributed by atoms with Gasteiger partial charge in [-0.15, -0.1) is 0 Å². The molecule has 1 fully saturated rings. The Balaban J connectivity index is 1.72. The van der Waals surface area contributed by atoms with Crippen LogP contribution in [0, 0.1) is 13.8 Å². The van der Waals surface area contributed by atoms with Crippen LogP contribution in [0.25, 0.3) is 0 Å². The molecular formula is C24H32N2O6S. The highest BCUT2D eigenvalue weighted by molar-refractivity contribution is 7.89. The van der Waals surface area contributed by atoms with Crippen molar-refractivity contribution in [2.24, 2.45) is 0 Å². The SMILES string of the molecule is Cc1ccc(OCCC(=O)Nc2cc(S(=O)(=O)N3CCOCC3)ccc2OC(C)C)c(C)c1. The van der Waals surface area contributed by atoms with Gasteiger partial charge >= 0.3 is 0 Å². The summed E-state index contributed by atoms with van der Waals surface area (Å²) in [4.78, 5) is 12.7. The Labute approximate surface area is 195 Å². The Bertz CT molecular complexity index is 1080. The monoisotopic (exact) mass is 476 g/mol. The van der Waals surface area contributed by atoms with Crippen LogP contribution in [0.15, 0.2) is 41.3 Å². The van der Waals surface area contributed by atoms with E-state index in [1.807, 2.05) is 45.9 Å². The lowest BCUT2D eigenvalue weighted by molar-refractivity contribution is -0.116. The molecule has 9 heteroatoms. The third kappa shape index (κ3) is 6.69. The fourth-order valence-electron chi connectivity index (χ4n) is 3.49. The van der Waals surface area contributed by atoms with Crippen LogP contribution in [-0.4, -0.2) is 57.6 Å².